The maximum atomic E-state index is 11.5. The molecule has 0 fully saturated rings. The zero-order valence-electron chi connectivity index (χ0n) is 12.1. The average molecular weight is 265 g/mol. The number of carbonyl (C=O) groups is 1. The molecular formula is C13H23N5O. The van der Waals surface area contributed by atoms with Crippen molar-refractivity contribution in [2.24, 2.45) is 5.73 Å². The highest BCUT2D eigenvalue weighted by molar-refractivity contribution is 5.98. The SMILES string of the molecule is CCN(c1ncc(N)cc1C(N)=O)C(C)CN(C)C. The molecule has 6 nitrogen and oxygen atoms in total. The first-order valence-electron chi connectivity index (χ1n) is 6.33. The summed E-state index contributed by atoms with van der Waals surface area (Å²) < 4.78 is 0. The van der Waals surface area contributed by atoms with Gasteiger partial charge in [-0.05, 0) is 34.0 Å². The molecule has 1 aromatic rings. The van der Waals surface area contributed by atoms with Crippen LogP contribution in [-0.4, -0.2) is 49.0 Å². The predicted octanol–water partition coefficient (Wildman–Crippen LogP) is 0.539. The van der Waals surface area contributed by atoms with Crippen molar-refractivity contribution in [2.45, 2.75) is 19.9 Å². The van der Waals surface area contributed by atoms with Gasteiger partial charge in [0.15, 0.2) is 0 Å². The Bertz CT molecular complexity index is 447. The van der Waals surface area contributed by atoms with Crippen molar-refractivity contribution in [1.82, 2.24) is 9.88 Å². The Morgan fingerprint density at radius 2 is 2.11 bits per heavy atom. The summed E-state index contributed by atoms with van der Waals surface area (Å²) in [5.41, 5.74) is 11.9. The van der Waals surface area contributed by atoms with Gasteiger partial charge in [0.25, 0.3) is 5.91 Å². The molecule has 0 saturated heterocycles. The fourth-order valence-electron chi connectivity index (χ4n) is 2.18. The van der Waals surface area contributed by atoms with Gasteiger partial charge in [-0.15, -0.1) is 0 Å². The molecule has 1 atom stereocenters. The van der Waals surface area contributed by atoms with Gasteiger partial charge in [0.2, 0.25) is 0 Å². The molecule has 1 unspecified atom stereocenters. The van der Waals surface area contributed by atoms with Gasteiger partial charge in [-0.2, -0.15) is 0 Å². The van der Waals surface area contributed by atoms with E-state index in [1.165, 1.54) is 0 Å². The molecule has 1 heterocycles. The number of hydrogen-bond acceptors (Lipinski definition) is 5. The first kappa shape index (κ1) is 15.2. The molecule has 1 rings (SSSR count). The second kappa shape index (κ2) is 6.38. The fraction of sp³-hybridized carbons (Fsp3) is 0.538. The lowest BCUT2D eigenvalue weighted by atomic mass is 10.1. The van der Waals surface area contributed by atoms with Crippen LogP contribution in [0.2, 0.25) is 0 Å². The van der Waals surface area contributed by atoms with Crippen LogP contribution in [0.15, 0.2) is 12.3 Å². The minimum absolute atomic E-state index is 0.217. The summed E-state index contributed by atoms with van der Waals surface area (Å²) in [6.45, 7) is 5.71. The van der Waals surface area contributed by atoms with Crippen molar-refractivity contribution < 1.29 is 4.79 Å². The molecule has 1 amide bonds. The van der Waals surface area contributed by atoms with E-state index in [-0.39, 0.29) is 6.04 Å². The largest absolute Gasteiger partial charge is 0.397 e. The van der Waals surface area contributed by atoms with Crippen molar-refractivity contribution in [1.29, 1.82) is 0 Å². The van der Waals surface area contributed by atoms with E-state index in [1.54, 1.807) is 12.3 Å². The van der Waals surface area contributed by atoms with Crippen LogP contribution in [0.1, 0.15) is 24.2 Å². The Morgan fingerprint density at radius 3 is 2.58 bits per heavy atom. The molecule has 106 valence electrons. The molecule has 0 aliphatic carbocycles. The maximum Gasteiger partial charge on any atom is 0.252 e. The smallest absolute Gasteiger partial charge is 0.252 e. The first-order chi connectivity index (χ1) is 8.86. The van der Waals surface area contributed by atoms with Crippen molar-refractivity contribution in [3.8, 4) is 0 Å². The van der Waals surface area contributed by atoms with E-state index in [1.807, 2.05) is 21.0 Å². The van der Waals surface area contributed by atoms with Crippen molar-refractivity contribution >= 4 is 17.4 Å². The lowest BCUT2D eigenvalue weighted by Crippen LogP contribution is -2.41. The molecule has 0 aromatic carbocycles. The zero-order valence-corrected chi connectivity index (χ0v) is 12.1. The molecule has 0 bridgehead atoms. The molecule has 0 aliphatic heterocycles. The quantitative estimate of drug-likeness (QED) is 0.783. The van der Waals surface area contributed by atoms with Crippen molar-refractivity contribution in [2.75, 3.05) is 37.8 Å². The highest BCUT2D eigenvalue weighted by Gasteiger charge is 2.20. The third-order valence-electron chi connectivity index (χ3n) is 2.93. The van der Waals surface area contributed by atoms with Crippen molar-refractivity contribution in [3.05, 3.63) is 17.8 Å². The van der Waals surface area contributed by atoms with E-state index in [9.17, 15) is 4.79 Å². The summed E-state index contributed by atoms with van der Waals surface area (Å²) in [5.74, 6) is 0.0869. The summed E-state index contributed by atoms with van der Waals surface area (Å²) >= 11 is 0. The third kappa shape index (κ3) is 3.82. The Kier molecular flexibility index (Phi) is 5.11. The van der Waals surface area contributed by atoms with Gasteiger partial charge < -0.3 is 21.3 Å². The topological polar surface area (TPSA) is 88.5 Å². The minimum atomic E-state index is -0.509. The molecule has 6 heteroatoms. The van der Waals surface area contributed by atoms with E-state index in [0.29, 0.717) is 17.1 Å². The summed E-state index contributed by atoms with van der Waals surface area (Å²) in [6.07, 6.45) is 1.55. The van der Waals surface area contributed by atoms with Gasteiger partial charge >= 0.3 is 0 Å². The average Bonchev–Trinajstić information content (AvgIpc) is 2.30. The normalized spacial score (nSPS) is 12.5. The number of likely N-dealkylation sites (N-methyl/N-ethyl adjacent to an activating group) is 2. The van der Waals surface area contributed by atoms with E-state index < -0.39 is 5.91 Å². The number of anilines is 2. The second-order valence-electron chi connectivity index (χ2n) is 4.90. The molecule has 0 saturated carbocycles. The number of amides is 1. The van der Waals surface area contributed by atoms with Crippen LogP contribution >= 0.6 is 0 Å². The molecule has 19 heavy (non-hydrogen) atoms. The van der Waals surface area contributed by atoms with Gasteiger partial charge in [0.1, 0.15) is 5.82 Å². The third-order valence-corrected chi connectivity index (χ3v) is 2.93. The van der Waals surface area contributed by atoms with Crippen LogP contribution in [0.25, 0.3) is 0 Å². The molecule has 0 spiro atoms. The molecule has 0 radical (unpaired) electrons. The van der Waals surface area contributed by atoms with Crippen LogP contribution in [0.3, 0.4) is 0 Å². The number of nitrogens with two attached hydrogens (primary N) is 2. The lowest BCUT2D eigenvalue weighted by molar-refractivity contribution is 0.100. The Morgan fingerprint density at radius 1 is 1.47 bits per heavy atom. The maximum absolute atomic E-state index is 11.5. The molecule has 0 aliphatic rings. The number of pyridine rings is 1. The van der Waals surface area contributed by atoms with Gasteiger partial charge in [-0.3, -0.25) is 4.79 Å². The summed E-state index contributed by atoms with van der Waals surface area (Å²) in [6, 6.07) is 1.80. The van der Waals surface area contributed by atoms with Crippen LogP contribution in [-0.2, 0) is 0 Å². The molecular weight excluding hydrogens is 242 g/mol. The summed E-state index contributed by atoms with van der Waals surface area (Å²) in [4.78, 5) is 20.0. The van der Waals surface area contributed by atoms with Gasteiger partial charge in [0, 0.05) is 19.1 Å². The standard InChI is InChI=1S/C13H23N5O/c1-5-18(9(2)8-17(3)4)13-11(12(15)19)6-10(14)7-16-13/h6-7,9H,5,8,14H2,1-4H3,(H2,15,19). The van der Waals surface area contributed by atoms with Gasteiger partial charge in [-0.1, -0.05) is 0 Å². The molecule has 1 aromatic heterocycles. The van der Waals surface area contributed by atoms with Gasteiger partial charge in [-0.25, -0.2) is 4.98 Å². The number of hydrogen-bond donors (Lipinski definition) is 2. The van der Waals surface area contributed by atoms with E-state index in [0.717, 1.165) is 13.1 Å². The number of nitrogen functional groups attached to an aromatic ring is 1. The van der Waals surface area contributed by atoms with E-state index in [4.69, 9.17) is 11.5 Å². The number of rotatable bonds is 6. The highest BCUT2D eigenvalue weighted by Crippen LogP contribution is 2.21. The monoisotopic (exact) mass is 265 g/mol. The van der Waals surface area contributed by atoms with E-state index >= 15 is 0 Å². The van der Waals surface area contributed by atoms with Crippen LogP contribution in [0, 0.1) is 0 Å². The fourth-order valence-corrected chi connectivity index (χ4v) is 2.18. The molecule has 4 N–H and O–H groups in total. The Balaban J connectivity index is 3.14. The number of carbonyl (C=O) groups excluding carboxylic acids is 1. The van der Waals surface area contributed by atoms with E-state index in [2.05, 4.69) is 21.7 Å². The number of primary amides is 1. The minimum Gasteiger partial charge on any atom is -0.397 e. The second-order valence-corrected chi connectivity index (χ2v) is 4.90. The van der Waals surface area contributed by atoms with Gasteiger partial charge in [0.05, 0.1) is 17.4 Å². The Labute approximate surface area is 114 Å². The highest BCUT2D eigenvalue weighted by atomic mass is 16.1. The number of nitrogens with zero attached hydrogens (tertiary/aromatic N) is 3. The van der Waals surface area contributed by atoms with Crippen molar-refractivity contribution in [3.63, 3.8) is 0 Å². The van der Waals surface area contributed by atoms with Crippen LogP contribution < -0.4 is 16.4 Å². The first-order valence-corrected chi connectivity index (χ1v) is 6.33. The Hall–Kier alpha value is -1.82. The predicted molar refractivity (Wildman–Crippen MR) is 78.2 cm³/mol. The summed E-state index contributed by atoms with van der Waals surface area (Å²) in [7, 11) is 4.02. The summed E-state index contributed by atoms with van der Waals surface area (Å²) in [5, 5.41) is 0. The lowest BCUT2D eigenvalue weighted by Gasteiger charge is -2.32. The van der Waals surface area contributed by atoms with Crippen LogP contribution in [0.5, 0.6) is 0 Å². The van der Waals surface area contributed by atoms with Crippen LogP contribution in [0.4, 0.5) is 11.5 Å². The number of aromatic nitrogens is 1. The zero-order chi connectivity index (χ0) is 14.6.